The number of anilines is 1. The van der Waals surface area contributed by atoms with E-state index in [0.717, 1.165) is 22.5 Å². The highest BCUT2D eigenvalue weighted by atomic mass is 35.5. The van der Waals surface area contributed by atoms with Gasteiger partial charge in [-0.1, -0.05) is 43.6 Å². The van der Waals surface area contributed by atoms with Gasteiger partial charge in [-0.3, -0.25) is 4.98 Å². The zero-order valence-electron chi connectivity index (χ0n) is 15.1. The highest BCUT2D eigenvalue weighted by molar-refractivity contribution is 6.31. The molecule has 1 aromatic heterocycles. The molecule has 4 rings (SSSR count). The Morgan fingerprint density at radius 2 is 1.70 bits per heavy atom. The van der Waals surface area contributed by atoms with E-state index in [9.17, 15) is 0 Å². The molecule has 0 unspecified atom stereocenters. The topological polar surface area (TPSA) is 49.6 Å². The number of nitrogens with one attached hydrogen (secondary N) is 1. The predicted molar refractivity (Wildman–Crippen MR) is 113 cm³/mol. The number of halogens is 1. The first-order chi connectivity index (χ1) is 13.1. The monoisotopic (exact) mass is 374 g/mol. The maximum absolute atomic E-state index is 6.20. The lowest BCUT2D eigenvalue weighted by Gasteiger charge is -2.13. The third kappa shape index (κ3) is 3.76. The SMILES string of the molecule is CC(C)c1ccc2c(c1)NC(c1cccc(Cl)c1)=NC(c1ccncc1)=N2. The minimum Gasteiger partial charge on any atom is -0.338 e. The molecule has 1 N–H and O–H groups in total. The van der Waals surface area contributed by atoms with Crippen LogP contribution in [0.3, 0.4) is 0 Å². The molecule has 0 saturated heterocycles. The molecule has 4 nitrogen and oxygen atoms in total. The summed E-state index contributed by atoms with van der Waals surface area (Å²) in [4.78, 5) is 13.7. The van der Waals surface area contributed by atoms with Crippen LogP contribution in [0, 0.1) is 0 Å². The van der Waals surface area contributed by atoms with Gasteiger partial charge in [0, 0.05) is 28.5 Å². The highest BCUT2D eigenvalue weighted by Gasteiger charge is 2.16. The van der Waals surface area contributed by atoms with Crippen LogP contribution in [0.2, 0.25) is 5.02 Å². The zero-order valence-corrected chi connectivity index (χ0v) is 15.9. The van der Waals surface area contributed by atoms with Crippen molar-refractivity contribution in [1.29, 1.82) is 0 Å². The van der Waals surface area contributed by atoms with Gasteiger partial charge in [0.25, 0.3) is 0 Å². The second-order valence-electron chi connectivity index (χ2n) is 6.70. The highest BCUT2D eigenvalue weighted by Crippen LogP contribution is 2.32. The van der Waals surface area contributed by atoms with Crippen molar-refractivity contribution >= 4 is 34.6 Å². The minimum atomic E-state index is 0.426. The van der Waals surface area contributed by atoms with Crippen LogP contribution in [-0.2, 0) is 0 Å². The van der Waals surface area contributed by atoms with Crippen LogP contribution in [-0.4, -0.2) is 16.7 Å². The van der Waals surface area contributed by atoms with Crippen molar-refractivity contribution in [2.45, 2.75) is 19.8 Å². The van der Waals surface area contributed by atoms with Crippen LogP contribution >= 0.6 is 11.6 Å². The largest absolute Gasteiger partial charge is 0.338 e. The van der Waals surface area contributed by atoms with E-state index in [4.69, 9.17) is 21.6 Å². The third-order valence-corrected chi connectivity index (χ3v) is 4.66. The molecule has 0 aliphatic carbocycles. The van der Waals surface area contributed by atoms with Crippen molar-refractivity contribution in [2.24, 2.45) is 9.98 Å². The molecule has 2 heterocycles. The Balaban J connectivity index is 1.89. The third-order valence-electron chi connectivity index (χ3n) is 4.42. The second kappa shape index (κ2) is 7.33. The Morgan fingerprint density at radius 3 is 2.44 bits per heavy atom. The summed E-state index contributed by atoms with van der Waals surface area (Å²) < 4.78 is 0. The molecule has 134 valence electrons. The van der Waals surface area contributed by atoms with Crippen LogP contribution in [0.5, 0.6) is 0 Å². The summed E-state index contributed by atoms with van der Waals surface area (Å²) in [5.41, 5.74) is 4.85. The second-order valence-corrected chi connectivity index (χ2v) is 7.13. The van der Waals surface area contributed by atoms with E-state index in [-0.39, 0.29) is 0 Å². The molecule has 0 spiro atoms. The van der Waals surface area contributed by atoms with Crippen molar-refractivity contribution in [3.8, 4) is 0 Å². The Kier molecular flexibility index (Phi) is 4.73. The first-order valence-electron chi connectivity index (χ1n) is 8.85. The average molecular weight is 375 g/mol. The molecule has 0 atom stereocenters. The summed E-state index contributed by atoms with van der Waals surface area (Å²) in [6.45, 7) is 4.35. The molecular weight excluding hydrogens is 356 g/mol. The molecule has 0 fully saturated rings. The van der Waals surface area contributed by atoms with Crippen LogP contribution < -0.4 is 5.32 Å². The van der Waals surface area contributed by atoms with Crippen LogP contribution in [0.1, 0.15) is 36.5 Å². The maximum atomic E-state index is 6.20. The van der Waals surface area contributed by atoms with Gasteiger partial charge in [-0.15, -0.1) is 0 Å². The number of pyridine rings is 1. The Hall–Kier alpha value is -2.98. The molecule has 0 radical (unpaired) electrons. The van der Waals surface area contributed by atoms with Crippen molar-refractivity contribution in [3.63, 3.8) is 0 Å². The first kappa shape index (κ1) is 17.4. The summed E-state index contributed by atoms with van der Waals surface area (Å²) >= 11 is 6.20. The van der Waals surface area contributed by atoms with Gasteiger partial charge >= 0.3 is 0 Å². The normalized spacial score (nSPS) is 13.3. The fourth-order valence-electron chi connectivity index (χ4n) is 2.91. The number of hydrogen-bond donors (Lipinski definition) is 1. The summed E-state index contributed by atoms with van der Waals surface area (Å²) in [7, 11) is 0. The lowest BCUT2D eigenvalue weighted by atomic mass is 10.0. The van der Waals surface area contributed by atoms with E-state index in [1.165, 1.54) is 5.56 Å². The van der Waals surface area contributed by atoms with Gasteiger partial charge in [0.05, 0.1) is 11.4 Å². The molecule has 1 aliphatic heterocycles. The summed E-state index contributed by atoms with van der Waals surface area (Å²) in [6.07, 6.45) is 3.49. The first-order valence-corrected chi connectivity index (χ1v) is 9.22. The smallest absolute Gasteiger partial charge is 0.162 e. The van der Waals surface area contributed by atoms with E-state index in [1.807, 2.05) is 42.5 Å². The molecule has 3 aromatic rings. The van der Waals surface area contributed by atoms with Gasteiger partial charge < -0.3 is 5.32 Å². The van der Waals surface area contributed by atoms with Crippen LogP contribution in [0.15, 0.2) is 77.0 Å². The predicted octanol–water partition coefficient (Wildman–Crippen LogP) is 5.81. The number of nitrogens with zero attached hydrogens (tertiary/aromatic N) is 3. The maximum Gasteiger partial charge on any atom is 0.162 e. The standard InChI is InChI=1S/C22H19ClN4/c1-14(2)16-6-7-19-20(13-16)26-22(17-4-3-5-18(23)12-17)27-21(25-19)15-8-10-24-11-9-15/h3-14H,1-2H3,(H,25,26,27). The summed E-state index contributed by atoms with van der Waals surface area (Å²) in [5.74, 6) is 1.78. The summed E-state index contributed by atoms with van der Waals surface area (Å²) in [6, 6.07) is 17.8. The molecule has 0 bridgehead atoms. The van der Waals surface area contributed by atoms with Crippen molar-refractivity contribution < 1.29 is 0 Å². The number of aliphatic imine (C=N–C) groups is 2. The fraction of sp³-hybridized carbons (Fsp3) is 0.136. The molecule has 2 aromatic carbocycles. The van der Waals surface area contributed by atoms with Crippen LogP contribution in [0.25, 0.3) is 0 Å². The molecule has 1 aliphatic rings. The van der Waals surface area contributed by atoms with E-state index in [2.05, 4.69) is 36.3 Å². The van der Waals surface area contributed by atoms with E-state index in [1.54, 1.807) is 12.4 Å². The minimum absolute atomic E-state index is 0.426. The lowest BCUT2D eigenvalue weighted by Crippen LogP contribution is -2.15. The molecular formula is C22H19ClN4. The van der Waals surface area contributed by atoms with Gasteiger partial charge in [-0.2, -0.15) is 0 Å². The van der Waals surface area contributed by atoms with Crippen LogP contribution in [0.4, 0.5) is 11.4 Å². The number of fused-ring (bicyclic) bond motifs is 1. The molecule has 0 amide bonds. The Bertz CT molecular complexity index is 1040. The molecule has 0 saturated carbocycles. The van der Waals surface area contributed by atoms with Crippen molar-refractivity contribution in [2.75, 3.05) is 5.32 Å². The number of aromatic nitrogens is 1. The van der Waals surface area contributed by atoms with E-state index in [0.29, 0.717) is 22.6 Å². The average Bonchev–Trinajstić information content (AvgIpc) is 2.87. The van der Waals surface area contributed by atoms with Crippen molar-refractivity contribution in [1.82, 2.24) is 4.98 Å². The van der Waals surface area contributed by atoms with Gasteiger partial charge in [-0.25, -0.2) is 9.98 Å². The Labute approximate surface area is 163 Å². The van der Waals surface area contributed by atoms with Crippen molar-refractivity contribution in [3.05, 3.63) is 88.7 Å². The van der Waals surface area contributed by atoms with Gasteiger partial charge in [0.15, 0.2) is 5.84 Å². The number of rotatable bonds is 3. The molecule has 5 heteroatoms. The van der Waals surface area contributed by atoms with Gasteiger partial charge in [0.1, 0.15) is 5.84 Å². The summed E-state index contributed by atoms with van der Waals surface area (Å²) in [5, 5.41) is 4.13. The zero-order chi connectivity index (χ0) is 18.8. The number of amidine groups is 2. The van der Waals surface area contributed by atoms with Gasteiger partial charge in [0.2, 0.25) is 0 Å². The van der Waals surface area contributed by atoms with E-state index < -0.39 is 0 Å². The quantitative estimate of drug-likeness (QED) is 0.629. The lowest BCUT2D eigenvalue weighted by molar-refractivity contribution is 0.867. The number of benzene rings is 2. The van der Waals surface area contributed by atoms with E-state index >= 15 is 0 Å². The van der Waals surface area contributed by atoms with Gasteiger partial charge in [-0.05, 0) is 47.9 Å². The Morgan fingerprint density at radius 1 is 0.889 bits per heavy atom. The molecule has 27 heavy (non-hydrogen) atoms. The number of hydrogen-bond acceptors (Lipinski definition) is 4. The fourth-order valence-corrected chi connectivity index (χ4v) is 3.10.